The van der Waals surface area contributed by atoms with Crippen LogP contribution in [0.2, 0.25) is 0 Å². The zero-order chi connectivity index (χ0) is 16.4. The van der Waals surface area contributed by atoms with Gasteiger partial charge in [-0.2, -0.15) is 0 Å². The highest BCUT2D eigenvalue weighted by atomic mass is 16.5. The van der Waals surface area contributed by atoms with Gasteiger partial charge in [0, 0.05) is 13.2 Å². The molecule has 2 saturated carbocycles. The molecule has 4 nitrogen and oxygen atoms in total. The molecule has 4 heteroatoms. The van der Waals surface area contributed by atoms with Gasteiger partial charge < -0.3 is 15.4 Å². The number of amides is 2. The van der Waals surface area contributed by atoms with Crippen LogP contribution in [-0.2, 0) is 4.74 Å². The van der Waals surface area contributed by atoms with Gasteiger partial charge in [-0.1, -0.05) is 30.3 Å². The number of hydrogen-bond acceptors (Lipinski definition) is 2. The number of carbonyl (C=O) groups excluding carboxylic acids is 1. The highest BCUT2D eigenvalue weighted by molar-refractivity contribution is 5.74. The van der Waals surface area contributed by atoms with E-state index in [0.717, 1.165) is 26.0 Å². The molecule has 1 heterocycles. The first-order valence-electron chi connectivity index (χ1n) is 9.52. The van der Waals surface area contributed by atoms with Crippen LogP contribution in [0, 0.1) is 11.8 Å². The molecular weight excluding hydrogens is 300 g/mol. The molecule has 4 rings (SSSR count). The van der Waals surface area contributed by atoms with Crippen molar-refractivity contribution in [3.8, 4) is 0 Å². The van der Waals surface area contributed by atoms with Gasteiger partial charge in [0.1, 0.15) is 0 Å². The predicted octanol–water partition coefficient (Wildman–Crippen LogP) is 3.44. The van der Waals surface area contributed by atoms with Gasteiger partial charge in [0.05, 0.1) is 12.1 Å². The summed E-state index contributed by atoms with van der Waals surface area (Å²) in [4.78, 5) is 12.3. The minimum atomic E-state index is -0.0141. The molecular formula is C20H28N2O2. The SMILES string of the molecule is O=C(NC[C@H]1C[C@@H]1c1ccccc1)NC(C1CC1)C1CCCCO1. The van der Waals surface area contributed by atoms with E-state index < -0.39 is 0 Å². The predicted molar refractivity (Wildman–Crippen MR) is 93.9 cm³/mol. The number of hydrogen-bond donors (Lipinski definition) is 2. The fourth-order valence-corrected chi connectivity index (χ4v) is 4.03. The van der Waals surface area contributed by atoms with Gasteiger partial charge in [0.25, 0.3) is 0 Å². The summed E-state index contributed by atoms with van der Waals surface area (Å²) in [7, 11) is 0. The maximum Gasteiger partial charge on any atom is 0.315 e. The second-order valence-electron chi connectivity index (χ2n) is 7.64. The maximum atomic E-state index is 12.3. The third kappa shape index (κ3) is 3.92. The molecule has 0 spiro atoms. The van der Waals surface area contributed by atoms with Gasteiger partial charge in [-0.05, 0) is 61.8 Å². The average Bonchev–Trinajstić information content (AvgIpc) is 3.54. The molecule has 4 atom stereocenters. The lowest BCUT2D eigenvalue weighted by Gasteiger charge is -2.31. The van der Waals surface area contributed by atoms with Crippen LogP contribution >= 0.6 is 0 Å². The Labute approximate surface area is 144 Å². The third-order valence-corrected chi connectivity index (χ3v) is 5.72. The number of benzene rings is 1. The van der Waals surface area contributed by atoms with Gasteiger partial charge in [-0.25, -0.2) is 4.79 Å². The summed E-state index contributed by atoms with van der Waals surface area (Å²) < 4.78 is 5.91. The van der Waals surface area contributed by atoms with Gasteiger partial charge >= 0.3 is 6.03 Å². The van der Waals surface area contributed by atoms with Crippen LogP contribution in [0.3, 0.4) is 0 Å². The Kier molecular flexibility index (Phi) is 4.74. The van der Waals surface area contributed by atoms with Crippen molar-refractivity contribution >= 4 is 6.03 Å². The van der Waals surface area contributed by atoms with E-state index in [2.05, 4.69) is 41.0 Å². The fourth-order valence-electron chi connectivity index (χ4n) is 4.03. The Morgan fingerprint density at radius 2 is 2.00 bits per heavy atom. The van der Waals surface area contributed by atoms with E-state index in [0.29, 0.717) is 17.8 Å². The zero-order valence-electron chi connectivity index (χ0n) is 14.2. The van der Waals surface area contributed by atoms with E-state index in [9.17, 15) is 4.79 Å². The van der Waals surface area contributed by atoms with E-state index in [-0.39, 0.29) is 18.2 Å². The summed E-state index contributed by atoms with van der Waals surface area (Å²) >= 11 is 0. The topological polar surface area (TPSA) is 50.4 Å². The smallest absolute Gasteiger partial charge is 0.315 e. The molecule has 1 aromatic rings. The molecule has 3 fully saturated rings. The summed E-state index contributed by atoms with van der Waals surface area (Å²) in [6, 6.07) is 10.8. The van der Waals surface area contributed by atoms with Crippen LogP contribution in [0.4, 0.5) is 4.79 Å². The van der Waals surface area contributed by atoms with Gasteiger partial charge in [0.15, 0.2) is 0 Å². The van der Waals surface area contributed by atoms with Crippen molar-refractivity contribution in [2.24, 2.45) is 11.8 Å². The zero-order valence-corrected chi connectivity index (χ0v) is 14.2. The number of ether oxygens (including phenoxy) is 1. The normalized spacial score (nSPS) is 30.4. The van der Waals surface area contributed by atoms with Crippen LogP contribution < -0.4 is 10.6 Å². The fraction of sp³-hybridized carbons (Fsp3) is 0.650. The van der Waals surface area contributed by atoms with Crippen molar-refractivity contribution in [3.63, 3.8) is 0 Å². The summed E-state index contributed by atoms with van der Waals surface area (Å²) in [5.74, 6) is 1.83. The first-order valence-corrected chi connectivity index (χ1v) is 9.52. The molecule has 2 amide bonds. The van der Waals surface area contributed by atoms with Crippen LogP contribution in [0.25, 0.3) is 0 Å². The summed E-state index contributed by atoms with van der Waals surface area (Å²) in [5.41, 5.74) is 1.40. The lowest BCUT2D eigenvalue weighted by atomic mass is 9.98. The lowest BCUT2D eigenvalue weighted by molar-refractivity contribution is -0.00977. The number of nitrogens with one attached hydrogen (secondary N) is 2. The van der Waals surface area contributed by atoms with Gasteiger partial charge in [-0.15, -0.1) is 0 Å². The number of rotatable bonds is 6. The Bertz CT molecular complexity index is 552. The Morgan fingerprint density at radius 3 is 2.71 bits per heavy atom. The summed E-state index contributed by atoms with van der Waals surface area (Å²) in [5, 5.41) is 6.30. The van der Waals surface area contributed by atoms with E-state index in [1.807, 2.05) is 0 Å². The molecule has 2 N–H and O–H groups in total. The van der Waals surface area contributed by atoms with Crippen molar-refractivity contribution in [3.05, 3.63) is 35.9 Å². The average molecular weight is 328 g/mol. The Morgan fingerprint density at radius 1 is 1.17 bits per heavy atom. The maximum absolute atomic E-state index is 12.3. The number of carbonyl (C=O) groups is 1. The van der Waals surface area contributed by atoms with Crippen LogP contribution in [0.5, 0.6) is 0 Å². The number of urea groups is 1. The van der Waals surface area contributed by atoms with Crippen molar-refractivity contribution in [1.29, 1.82) is 0 Å². The second kappa shape index (κ2) is 7.14. The highest BCUT2D eigenvalue weighted by Crippen LogP contribution is 2.46. The molecule has 130 valence electrons. The van der Waals surface area contributed by atoms with E-state index in [1.165, 1.54) is 31.2 Å². The standard InChI is InChI=1S/C20H28N2O2/c23-20(21-13-16-12-17(16)14-6-2-1-3-7-14)22-19(15-9-10-15)18-8-4-5-11-24-18/h1-3,6-7,15-19H,4-5,8-13H2,(H2,21,22,23)/t16-,17-,18?,19?/m1/s1. The molecule has 2 aliphatic carbocycles. The molecule has 3 aliphatic rings. The molecule has 1 aliphatic heterocycles. The molecule has 2 unspecified atom stereocenters. The highest BCUT2D eigenvalue weighted by Gasteiger charge is 2.40. The largest absolute Gasteiger partial charge is 0.376 e. The molecule has 1 saturated heterocycles. The van der Waals surface area contributed by atoms with Gasteiger partial charge in [-0.3, -0.25) is 0 Å². The minimum Gasteiger partial charge on any atom is -0.376 e. The van der Waals surface area contributed by atoms with Gasteiger partial charge in [0.2, 0.25) is 0 Å². The van der Waals surface area contributed by atoms with E-state index in [4.69, 9.17) is 4.74 Å². The summed E-state index contributed by atoms with van der Waals surface area (Å²) in [6.07, 6.45) is 7.31. The second-order valence-corrected chi connectivity index (χ2v) is 7.64. The quantitative estimate of drug-likeness (QED) is 0.840. The monoisotopic (exact) mass is 328 g/mol. The van der Waals surface area contributed by atoms with Crippen molar-refractivity contribution in [2.75, 3.05) is 13.2 Å². The van der Waals surface area contributed by atoms with Crippen LogP contribution in [0.1, 0.15) is 50.0 Å². The van der Waals surface area contributed by atoms with Crippen molar-refractivity contribution in [1.82, 2.24) is 10.6 Å². The van der Waals surface area contributed by atoms with Crippen LogP contribution in [0.15, 0.2) is 30.3 Å². The summed E-state index contributed by atoms with van der Waals surface area (Å²) in [6.45, 7) is 1.62. The first-order chi connectivity index (χ1) is 11.8. The van der Waals surface area contributed by atoms with E-state index in [1.54, 1.807) is 0 Å². The Hall–Kier alpha value is -1.55. The molecule has 0 radical (unpaired) electrons. The van der Waals surface area contributed by atoms with Crippen molar-refractivity contribution < 1.29 is 9.53 Å². The Balaban J connectivity index is 1.23. The lowest BCUT2D eigenvalue weighted by Crippen LogP contribution is -2.50. The molecule has 0 bridgehead atoms. The molecule has 0 aromatic heterocycles. The third-order valence-electron chi connectivity index (χ3n) is 5.72. The van der Waals surface area contributed by atoms with Crippen molar-refractivity contribution in [2.45, 2.75) is 56.6 Å². The molecule has 1 aromatic carbocycles. The minimum absolute atomic E-state index is 0.0141. The first kappa shape index (κ1) is 15.9. The van der Waals surface area contributed by atoms with E-state index >= 15 is 0 Å². The molecule has 24 heavy (non-hydrogen) atoms. The van der Waals surface area contributed by atoms with Crippen LogP contribution in [-0.4, -0.2) is 31.3 Å².